The van der Waals surface area contributed by atoms with Crippen LogP contribution in [-0.4, -0.2) is 11.1 Å². The van der Waals surface area contributed by atoms with Crippen LogP contribution in [0.3, 0.4) is 0 Å². The van der Waals surface area contributed by atoms with Gasteiger partial charge < -0.3 is 9.90 Å². The molecule has 0 radical (unpaired) electrons. The third-order valence-electron chi connectivity index (χ3n) is 0.262. The number of hydrogen-bond donors (Lipinski definition) is 0. The minimum absolute atomic E-state index is 0. The van der Waals surface area contributed by atoms with Crippen LogP contribution in [0, 0.1) is 0 Å². The van der Waals surface area contributed by atoms with E-state index in [1.165, 1.54) is 0 Å². The Morgan fingerprint density at radius 1 is 1.86 bits per heavy atom. The summed E-state index contributed by atoms with van der Waals surface area (Å²) in [6.45, 7) is 1.76. The van der Waals surface area contributed by atoms with E-state index < -0.39 is 5.30 Å². The van der Waals surface area contributed by atoms with Crippen LogP contribution < -0.4 is 34.7 Å². The van der Waals surface area contributed by atoms with Gasteiger partial charge in [-0.15, -0.1) is 11.8 Å². The van der Waals surface area contributed by atoms with Gasteiger partial charge in [0.2, 0.25) is 0 Å². The second-order valence-electron chi connectivity index (χ2n) is 0.683. The van der Waals surface area contributed by atoms with Crippen LogP contribution >= 0.6 is 11.8 Å². The van der Waals surface area contributed by atoms with Crippen molar-refractivity contribution in [1.29, 1.82) is 0 Å². The minimum Gasteiger partial charge on any atom is -0.538 e. The van der Waals surface area contributed by atoms with Gasteiger partial charge in [0.25, 0.3) is 0 Å². The predicted molar refractivity (Wildman–Crippen MR) is 23.5 cm³/mol. The maximum Gasteiger partial charge on any atom is 1.00 e. The average molecular weight is 128 g/mol. The first kappa shape index (κ1) is 10.7. The van der Waals surface area contributed by atoms with Crippen molar-refractivity contribution in [2.24, 2.45) is 0 Å². The third kappa shape index (κ3) is 10.9. The van der Waals surface area contributed by atoms with Crippen LogP contribution in [0.4, 0.5) is 4.79 Å². The van der Waals surface area contributed by atoms with Gasteiger partial charge >= 0.3 is 29.6 Å². The molecular weight excluding hydrogens is 123 g/mol. The average Bonchev–Trinajstić information content (AvgIpc) is 1.35. The number of carbonyl (C=O) groups excluding carboxylic acids is 1. The van der Waals surface area contributed by atoms with E-state index in [0.29, 0.717) is 5.75 Å². The van der Waals surface area contributed by atoms with E-state index in [2.05, 4.69) is 0 Å². The van der Waals surface area contributed by atoms with Crippen molar-refractivity contribution in [2.45, 2.75) is 6.92 Å². The molecule has 36 valence electrons. The predicted octanol–water partition coefficient (Wildman–Crippen LogP) is -2.91. The van der Waals surface area contributed by atoms with E-state index in [1.807, 2.05) is 0 Å². The molecule has 0 aromatic heterocycles. The van der Waals surface area contributed by atoms with E-state index in [-0.39, 0.29) is 29.6 Å². The van der Waals surface area contributed by atoms with Gasteiger partial charge in [-0.05, 0) is 5.75 Å². The van der Waals surface area contributed by atoms with Gasteiger partial charge in [-0.2, -0.15) is 0 Å². The van der Waals surface area contributed by atoms with Crippen molar-refractivity contribution < 1.29 is 39.5 Å². The molecule has 7 heavy (non-hydrogen) atoms. The van der Waals surface area contributed by atoms with Crippen LogP contribution in [0.5, 0.6) is 0 Å². The standard InChI is InChI=1S/C3H6O2S.Na/c1-2-6-3(4)5;/h2H2,1H3,(H,4,5);/q;+1/p-1. The molecule has 0 aromatic rings. The van der Waals surface area contributed by atoms with E-state index >= 15 is 0 Å². The third-order valence-corrected chi connectivity index (χ3v) is 0.787. The first-order chi connectivity index (χ1) is 2.77. The second kappa shape index (κ2) is 6.82. The Morgan fingerprint density at radius 3 is 2.29 bits per heavy atom. The quantitative estimate of drug-likeness (QED) is 0.355. The molecule has 0 aliphatic carbocycles. The Bertz CT molecular complexity index is 56.9. The molecule has 0 aromatic carbocycles. The number of rotatable bonds is 1. The summed E-state index contributed by atoms with van der Waals surface area (Å²) in [6, 6.07) is 0. The molecule has 0 saturated heterocycles. The molecule has 0 aliphatic rings. The molecule has 0 bridgehead atoms. The molecule has 0 atom stereocenters. The van der Waals surface area contributed by atoms with Crippen molar-refractivity contribution in [2.75, 3.05) is 5.75 Å². The van der Waals surface area contributed by atoms with Gasteiger partial charge in [0, 0.05) is 0 Å². The van der Waals surface area contributed by atoms with E-state index in [1.54, 1.807) is 6.92 Å². The van der Waals surface area contributed by atoms with Crippen LogP contribution in [0.25, 0.3) is 0 Å². The molecule has 2 nitrogen and oxygen atoms in total. The van der Waals surface area contributed by atoms with Crippen LogP contribution in [0.15, 0.2) is 0 Å². The van der Waals surface area contributed by atoms with E-state index in [4.69, 9.17) is 0 Å². The zero-order valence-corrected chi connectivity index (χ0v) is 7.25. The molecule has 0 aliphatic heterocycles. The van der Waals surface area contributed by atoms with Crippen molar-refractivity contribution >= 4 is 17.1 Å². The van der Waals surface area contributed by atoms with Crippen molar-refractivity contribution in [3.63, 3.8) is 0 Å². The van der Waals surface area contributed by atoms with Gasteiger partial charge in [-0.3, -0.25) is 0 Å². The summed E-state index contributed by atoms with van der Waals surface area (Å²) in [6.07, 6.45) is 0. The molecule has 0 amide bonds. The topological polar surface area (TPSA) is 40.1 Å². The number of thioether (sulfide) groups is 1. The smallest absolute Gasteiger partial charge is 0.538 e. The number of hydrogen-bond acceptors (Lipinski definition) is 3. The van der Waals surface area contributed by atoms with Gasteiger partial charge in [0.15, 0.2) is 0 Å². The number of carbonyl (C=O) groups is 1. The Kier molecular flexibility index (Phi) is 10.5. The Balaban J connectivity index is 0. The summed E-state index contributed by atoms with van der Waals surface area (Å²) in [5.74, 6) is 0.586. The zero-order valence-electron chi connectivity index (χ0n) is 4.43. The van der Waals surface area contributed by atoms with E-state index in [0.717, 1.165) is 11.8 Å². The van der Waals surface area contributed by atoms with Gasteiger partial charge in [-0.25, -0.2) is 0 Å². The molecular formula is C3H5NaO2S. The first-order valence-corrected chi connectivity index (χ1v) is 2.59. The second-order valence-corrected chi connectivity index (χ2v) is 1.88. The molecule has 0 unspecified atom stereocenters. The molecule has 0 spiro atoms. The fourth-order valence-corrected chi connectivity index (χ4v) is 0.354. The van der Waals surface area contributed by atoms with Crippen LogP contribution in [0.2, 0.25) is 0 Å². The molecule has 0 rings (SSSR count). The summed E-state index contributed by atoms with van der Waals surface area (Å²) < 4.78 is 0. The SMILES string of the molecule is CCSC(=O)[O-].[Na+]. The van der Waals surface area contributed by atoms with E-state index in [9.17, 15) is 9.90 Å². The summed E-state index contributed by atoms with van der Waals surface area (Å²) >= 11 is 0.792. The Labute approximate surface area is 69.0 Å². The summed E-state index contributed by atoms with van der Waals surface area (Å²) in [7, 11) is 0. The zero-order chi connectivity index (χ0) is 4.99. The normalized spacial score (nSPS) is 7.00. The monoisotopic (exact) mass is 128 g/mol. The molecule has 0 fully saturated rings. The molecule has 4 heteroatoms. The fourth-order valence-electron chi connectivity index (χ4n) is 0.118. The maximum absolute atomic E-state index is 9.45. The summed E-state index contributed by atoms with van der Waals surface area (Å²) in [4.78, 5) is 9.45. The Hall–Kier alpha value is 0.820. The van der Waals surface area contributed by atoms with Crippen molar-refractivity contribution in [3.8, 4) is 0 Å². The van der Waals surface area contributed by atoms with Crippen LogP contribution in [-0.2, 0) is 0 Å². The fraction of sp³-hybridized carbons (Fsp3) is 0.667. The van der Waals surface area contributed by atoms with Gasteiger partial charge in [0.05, 0.1) is 5.30 Å². The summed E-state index contributed by atoms with van der Waals surface area (Å²) in [5, 5.41) is 8.41. The van der Waals surface area contributed by atoms with Crippen molar-refractivity contribution in [3.05, 3.63) is 0 Å². The Morgan fingerprint density at radius 2 is 2.29 bits per heavy atom. The first-order valence-electron chi connectivity index (χ1n) is 1.61. The number of carboxylic acid groups (broad SMARTS) is 1. The van der Waals surface area contributed by atoms with Crippen LogP contribution in [0.1, 0.15) is 6.92 Å². The van der Waals surface area contributed by atoms with Gasteiger partial charge in [-0.1, -0.05) is 6.92 Å². The largest absolute Gasteiger partial charge is 1.00 e. The summed E-state index contributed by atoms with van der Waals surface area (Å²) in [5.41, 5.74) is 0. The maximum atomic E-state index is 9.45. The van der Waals surface area contributed by atoms with Gasteiger partial charge in [0.1, 0.15) is 0 Å². The molecule has 0 heterocycles. The molecule has 0 N–H and O–H groups in total. The molecule has 0 saturated carbocycles. The van der Waals surface area contributed by atoms with Crippen molar-refractivity contribution in [1.82, 2.24) is 0 Å². The minimum atomic E-state index is -1.04.